The maximum atomic E-state index is 11.8. The van der Waals surface area contributed by atoms with Gasteiger partial charge in [0.1, 0.15) is 5.75 Å². The highest BCUT2D eigenvalue weighted by Crippen LogP contribution is 2.15. The molecule has 0 aliphatic rings. The summed E-state index contributed by atoms with van der Waals surface area (Å²) in [5.41, 5.74) is 4.93. The highest BCUT2D eigenvalue weighted by Gasteiger charge is 2.13. The molecule has 1 aromatic carbocycles. The number of carbonyl (C=O) groups excluding carboxylic acids is 1. The Balaban J connectivity index is 2.66. The van der Waals surface area contributed by atoms with Crippen LogP contribution >= 0.6 is 0 Å². The average molecular weight is 288 g/mol. The van der Waals surface area contributed by atoms with Crippen molar-refractivity contribution in [3.8, 4) is 5.75 Å². The quantitative estimate of drug-likeness (QED) is 0.626. The lowest BCUT2D eigenvalue weighted by molar-refractivity contribution is -0.119. The molecule has 0 bridgehead atoms. The van der Waals surface area contributed by atoms with E-state index in [1.165, 1.54) is 31.4 Å². The lowest BCUT2D eigenvalue weighted by atomic mass is 10.3. The van der Waals surface area contributed by atoms with Crippen LogP contribution < -0.4 is 15.2 Å². The topological polar surface area (TPSA) is 108 Å². The SMILES string of the molecule is COCCNS(=O)(=O)c1ccc(OCC(N)=O)cc1. The second-order valence-corrected chi connectivity index (χ2v) is 5.38. The Morgan fingerprint density at radius 1 is 1.32 bits per heavy atom. The lowest BCUT2D eigenvalue weighted by Crippen LogP contribution is -2.27. The van der Waals surface area contributed by atoms with Crippen LogP contribution in [0.5, 0.6) is 5.75 Å². The third-order valence-electron chi connectivity index (χ3n) is 2.11. The molecule has 8 heteroatoms. The molecule has 106 valence electrons. The molecule has 0 aromatic heterocycles. The first-order chi connectivity index (χ1) is 8.95. The molecule has 0 saturated heterocycles. The number of hydrogen-bond donors (Lipinski definition) is 2. The van der Waals surface area contributed by atoms with Gasteiger partial charge in [-0.15, -0.1) is 0 Å². The molecule has 0 saturated carbocycles. The molecular weight excluding hydrogens is 272 g/mol. The van der Waals surface area contributed by atoms with E-state index < -0.39 is 15.9 Å². The first-order valence-corrected chi connectivity index (χ1v) is 6.94. The molecule has 1 rings (SSSR count). The van der Waals surface area contributed by atoms with Gasteiger partial charge in [0.25, 0.3) is 5.91 Å². The van der Waals surface area contributed by atoms with Crippen LogP contribution in [-0.4, -0.2) is 41.2 Å². The van der Waals surface area contributed by atoms with E-state index in [0.717, 1.165) is 0 Å². The van der Waals surface area contributed by atoms with Gasteiger partial charge >= 0.3 is 0 Å². The van der Waals surface area contributed by atoms with Gasteiger partial charge in [-0.3, -0.25) is 4.79 Å². The molecule has 1 amide bonds. The molecule has 0 spiro atoms. The number of ether oxygens (including phenoxy) is 2. The van der Waals surface area contributed by atoms with Crippen LogP contribution in [0.1, 0.15) is 0 Å². The Morgan fingerprint density at radius 3 is 2.47 bits per heavy atom. The third kappa shape index (κ3) is 5.25. The zero-order valence-corrected chi connectivity index (χ0v) is 11.3. The van der Waals surface area contributed by atoms with Crippen LogP contribution in [-0.2, 0) is 19.6 Å². The van der Waals surface area contributed by atoms with Crippen molar-refractivity contribution in [2.45, 2.75) is 4.90 Å². The average Bonchev–Trinajstić information content (AvgIpc) is 2.37. The summed E-state index contributed by atoms with van der Waals surface area (Å²) in [6.45, 7) is 0.232. The Hall–Kier alpha value is -1.64. The van der Waals surface area contributed by atoms with Crippen molar-refractivity contribution >= 4 is 15.9 Å². The van der Waals surface area contributed by atoms with Gasteiger partial charge in [0.05, 0.1) is 11.5 Å². The van der Waals surface area contributed by atoms with Crippen molar-refractivity contribution in [3.05, 3.63) is 24.3 Å². The van der Waals surface area contributed by atoms with Gasteiger partial charge in [-0.1, -0.05) is 0 Å². The summed E-state index contributed by atoms with van der Waals surface area (Å²) in [4.78, 5) is 10.6. The van der Waals surface area contributed by atoms with E-state index >= 15 is 0 Å². The highest BCUT2D eigenvalue weighted by atomic mass is 32.2. The van der Waals surface area contributed by atoms with E-state index in [2.05, 4.69) is 4.72 Å². The lowest BCUT2D eigenvalue weighted by Gasteiger charge is -2.07. The van der Waals surface area contributed by atoms with Gasteiger partial charge in [-0.05, 0) is 24.3 Å². The number of nitrogens with two attached hydrogens (primary N) is 1. The molecule has 0 radical (unpaired) electrons. The highest BCUT2D eigenvalue weighted by molar-refractivity contribution is 7.89. The number of nitrogens with one attached hydrogen (secondary N) is 1. The first kappa shape index (κ1) is 15.4. The molecule has 1 aromatic rings. The summed E-state index contributed by atoms with van der Waals surface area (Å²) in [6.07, 6.45) is 0. The van der Waals surface area contributed by atoms with Gasteiger partial charge in [-0.2, -0.15) is 0 Å². The standard InChI is InChI=1S/C11H16N2O5S/c1-17-7-6-13-19(15,16)10-4-2-9(3-5-10)18-8-11(12)14/h2-5,13H,6-8H2,1H3,(H2,12,14). The Kier molecular flexibility index (Phi) is 5.74. The van der Waals surface area contributed by atoms with Gasteiger partial charge in [0.15, 0.2) is 6.61 Å². The summed E-state index contributed by atoms with van der Waals surface area (Å²) >= 11 is 0. The first-order valence-electron chi connectivity index (χ1n) is 5.45. The van der Waals surface area contributed by atoms with Gasteiger partial charge in [0, 0.05) is 13.7 Å². The minimum atomic E-state index is -3.56. The van der Waals surface area contributed by atoms with Crippen molar-refractivity contribution in [2.24, 2.45) is 5.73 Å². The van der Waals surface area contributed by atoms with E-state index in [-0.39, 0.29) is 18.0 Å². The van der Waals surface area contributed by atoms with Crippen molar-refractivity contribution in [1.82, 2.24) is 4.72 Å². The summed E-state index contributed by atoms with van der Waals surface area (Å²) in [7, 11) is -2.07. The fourth-order valence-corrected chi connectivity index (χ4v) is 2.24. The fraction of sp³-hybridized carbons (Fsp3) is 0.364. The summed E-state index contributed by atoms with van der Waals surface area (Å²) < 4.78 is 35.8. The van der Waals surface area contributed by atoms with Crippen LogP contribution in [0.15, 0.2) is 29.2 Å². The number of primary amides is 1. The zero-order valence-electron chi connectivity index (χ0n) is 10.5. The van der Waals surface area contributed by atoms with E-state index in [0.29, 0.717) is 12.4 Å². The predicted octanol–water partition coefficient (Wildman–Crippen LogP) is -0.525. The fourth-order valence-electron chi connectivity index (χ4n) is 1.23. The molecule has 0 unspecified atom stereocenters. The number of methoxy groups -OCH3 is 1. The molecule has 0 aliphatic carbocycles. The second-order valence-electron chi connectivity index (χ2n) is 3.62. The molecule has 0 heterocycles. The predicted molar refractivity (Wildman–Crippen MR) is 68.2 cm³/mol. The normalized spacial score (nSPS) is 11.2. The molecule has 0 aliphatic heterocycles. The van der Waals surface area contributed by atoms with Crippen LogP contribution in [0.3, 0.4) is 0 Å². The van der Waals surface area contributed by atoms with Crippen molar-refractivity contribution in [1.29, 1.82) is 0 Å². The molecule has 0 fully saturated rings. The number of hydrogen-bond acceptors (Lipinski definition) is 5. The molecule has 3 N–H and O–H groups in total. The Morgan fingerprint density at radius 2 is 1.95 bits per heavy atom. The monoisotopic (exact) mass is 288 g/mol. The maximum absolute atomic E-state index is 11.8. The number of carbonyl (C=O) groups is 1. The maximum Gasteiger partial charge on any atom is 0.255 e. The molecule has 19 heavy (non-hydrogen) atoms. The van der Waals surface area contributed by atoms with Crippen LogP contribution in [0, 0.1) is 0 Å². The number of benzene rings is 1. The second kappa shape index (κ2) is 7.07. The van der Waals surface area contributed by atoms with E-state index in [1.54, 1.807) is 0 Å². The van der Waals surface area contributed by atoms with Crippen molar-refractivity contribution in [3.63, 3.8) is 0 Å². The van der Waals surface area contributed by atoms with Crippen LogP contribution in [0.2, 0.25) is 0 Å². The number of rotatable bonds is 8. The van der Waals surface area contributed by atoms with Crippen molar-refractivity contribution < 1.29 is 22.7 Å². The number of sulfonamides is 1. The van der Waals surface area contributed by atoms with Gasteiger partial charge < -0.3 is 15.2 Å². The van der Waals surface area contributed by atoms with Crippen molar-refractivity contribution in [2.75, 3.05) is 26.9 Å². The zero-order chi connectivity index (χ0) is 14.3. The minimum absolute atomic E-state index is 0.107. The van der Waals surface area contributed by atoms with Crippen LogP contribution in [0.4, 0.5) is 0 Å². The minimum Gasteiger partial charge on any atom is -0.484 e. The van der Waals surface area contributed by atoms with Gasteiger partial charge in [-0.25, -0.2) is 13.1 Å². The van der Waals surface area contributed by atoms with E-state index in [1.807, 2.05) is 0 Å². The van der Waals surface area contributed by atoms with Crippen LogP contribution in [0.25, 0.3) is 0 Å². The van der Waals surface area contributed by atoms with E-state index in [9.17, 15) is 13.2 Å². The summed E-state index contributed by atoms with van der Waals surface area (Å²) in [6, 6.07) is 5.67. The third-order valence-corrected chi connectivity index (χ3v) is 3.59. The molecule has 0 atom stereocenters. The summed E-state index contributed by atoms with van der Waals surface area (Å²) in [5, 5.41) is 0. The summed E-state index contributed by atoms with van der Waals surface area (Å²) in [5.74, 6) is -0.229. The number of amides is 1. The molecule has 7 nitrogen and oxygen atoms in total. The molecular formula is C11H16N2O5S. The van der Waals surface area contributed by atoms with E-state index in [4.69, 9.17) is 15.2 Å². The largest absolute Gasteiger partial charge is 0.484 e. The van der Waals surface area contributed by atoms with Gasteiger partial charge in [0.2, 0.25) is 10.0 Å². The Bertz CT molecular complexity index is 512. The Labute approximate surface area is 111 Å². The smallest absolute Gasteiger partial charge is 0.255 e.